The van der Waals surface area contributed by atoms with E-state index in [-0.39, 0.29) is 5.91 Å². The molecule has 0 spiro atoms. The highest BCUT2D eigenvalue weighted by atomic mass is 16.1. The fourth-order valence-electron chi connectivity index (χ4n) is 0.961. The van der Waals surface area contributed by atoms with Crippen LogP contribution < -0.4 is 5.32 Å². The predicted octanol–water partition coefficient (Wildman–Crippen LogP) is 1.05. The van der Waals surface area contributed by atoms with Crippen LogP contribution >= 0.6 is 0 Å². The number of nitrogens with one attached hydrogen (secondary N) is 1. The summed E-state index contributed by atoms with van der Waals surface area (Å²) >= 11 is 0. The molecule has 1 N–H and O–H groups in total. The number of hydrogen-bond donors (Lipinski definition) is 1. The van der Waals surface area contributed by atoms with Crippen molar-refractivity contribution in [3.05, 3.63) is 17.6 Å². The zero-order valence-electron chi connectivity index (χ0n) is 7.38. The molecule has 0 saturated carbocycles. The first-order valence-corrected chi connectivity index (χ1v) is 3.68. The molecule has 1 rings (SSSR count). The number of hydrogen-bond acceptors (Lipinski definition) is 3. The molecule has 1 aromatic heterocycles. The van der Waals surface area contributed by atoms with E-state index in [0.29, 0.717) is 11.6 Å². The maximum Gasteiger partial charge on any atom is 0.222 e. The zero-order chi connectivity index (χ0) is 9.14. The lowest BCUT2D eigenvalue weighted by Gasteiger charge is -2.02. The van der Waals surface area contributed by atoms with Crippen LogP contribution in [-0.2, 0) is 4.79 Å². The van der Waals surface area contributed by atoms with Gasteiger partial charge in [0.1, 0.15) is 11.6 Å². The molecule has 0 radical (unpaired) electrons. The maximum absolute atomic E-state index is 10.7. The number of carbonyl (C=O) groups excluding carboxylic acids is 1. The Morgan fingerprint density at radius 2 is 2.08 bits per heavy atom. The van der Waals surface area contributed by atoms with E-state index >= 15 is 0 Å². The van der Waals surface area contributed by atoms with Gasteiger partial charge in [-0.2, -0.15) is 0 Å². The predicted molar refractivity (Wildman–Crippen MR) is 45.8 cm³/mol. The molecule has 1 aromatic rings. The number of aryl methyl sites for hydroxylation is 2. The van der Waals surface area contributed by atoms with Crippen LogP contribution in [0, 0.1) is 13.8 Å². The van der Waals surface area contributed by atoms with E-state index in [1.165, 1.54) is 6.92 Å². The molecule has 0 aliphatic carbocycles. The third kappa shape index (κ3) is 2.30. The van der Waals surface area contributed by atoms with Crippen LogP contribution in [0.5, 0.6) is 0 Å². The average molecular weight is 165 g/mol. The van der Waals surface area contributed by atoms with Crippen molar-refractivity contribution in [3.63, 3.8) is 0 Å². The Hall–Kier alpha value is -1.45. The Morgan fingerprint density at radius 1 is 1.42 bits per heavy atom. The lowest BCUT2D eigenvalue weighted by Crippen LogP contribution is -2.08. The molecule has 1 heterocycles. The first-order chi connectivity index (χ1) is 5.58. The van der Waals surface area contributed by atoms with E-state index in [1.807, 2.05) is 6.92 Å². The minimum Gasteiger partial charge on any atom is -0.311 e. The second-order valence-corrected chi connectivity index (χ2v) is 2.62. The van der Waals surface area contributed by atoms with E-state index in [2.05, 4.69) is 15.3 Å². The summed E-state index contributed by atoms with van der Waals surface area (Å²) in [6, 6.07) is 1.73. The van der Waals surface area contributed by atoms with Gasteiger partial charge in [-0.25, -0.2) is 9.97 Å². The molecule has 12 heavy (non-hydrogen) atoms. The average Bonchev–Trinajstić information content (AvgIpc) is 1.81. The van der Waals surface area contributed by atoms with Gasteiger partial charge in [-0.1, -0.05) is 0 Å². The van der Waals surface area contributed by atoms with Crippen LogP contribution in [0.3, 0.4) is 0 Å². The number of nitrogens with zero attached hydrogens (tertiary/aromatic N) is 2. The molecule has 0 fully saturated rings. The molecule has 1 amide bonds. The monoisotopic (exact) mass is 165 g/mol. The topological polar surface area (TPSA) is 54.9 Å². The first kappa shape index (κ1) is 8.64. The molecule has 0 saturated heterocycles. The summed E-state index contributed by atoms with van der Waals surface area (Å²) in [4.78, 5) is 18.8. The lowest BCUT2D eigenvalue weighted by atomic mass is 10.4. The van der Waals surface area contributed by atoms with Crippen molar-refractivity contribution in [3.8, 4) is 0 Å². The third-order valence-corrected chi connectivity index (χ3v) is 1.27. The van der Waals surface area contributed by atoms with Gasteiger partial charge in [0.15, 0.2) is 0 Å². The Bertz CT molecular complexity index is 289. The Kier molecular flexibility index (Phi) is 2.38. The SMILES string of the molecule is CC(=O)Nc1cc(C)nc(C)n1. The van der Waals surface area contributed by atoms with Gasteiger partial charge >= 0.3 is 0 Å². The standard InChI is InChI=1S/C8H11N3O/c1-5-4-8(11-7(3)12)10-6(2)9-5/h4H,1-3H3,(H,9,10,11,12). The fraction of sp³-hybridized carbons (Fsp3) is 0.375. The lowest BCUT2D eigenvalue weighted by molar-refractivity contribution is -0.114. The largest absolute Gasteiger partial charge is 0.311 e. The smallest absolute Gasteiger partial charge is 0.222 e. The van der Waals surface area contributed by atoms with Gasteiger partial charge in [0.05, 0.1) is 0 Å². The molecule has 4 heteroatoms. The molecule has 0 bridgehead atoms. The van der Waals surface area contributed by atoms with Crippen LogP contribution in [0.1, 0.15) is 18.4 Å². The van der Waals surface area contributed by atoms with E-state index in [1.54, 1.807) is 13.0 Å². The Morgan fingerprint density at radius 3 is 2.58 bits per heavy atom. The Balaban J connectivity index is 2.93. The summed E-state index contributed by atoms with van der Waals surface area (Å²) in [5.74, 6) is 1.11. The molecule has 0 aromatic carbocycles. The van der Waals surface area contributed by atoms with Crippen molar-refractivity contribution in [1.82, 2.24) is 9.97 Å². The summed E-state index contributed by atoms with van der Waals surface area (Å²) in [5, 5.41) is 2.60. The van der Waals surface area contributed by atoms with E-state index < -0.39 is 0 Å². The first-order valence-electron chi connectivity index (χ1n) is 3.68. The van der Waals surface area contributed by atoms with Gasteiger partial charge in [-0.15, -0.1) is 0 Å². The van der Waals surface area contributed by atoms with Gasteiger partial charge < -0.3 is 5.32 Å². The zero-order valence-corrected chi connectivity index (χ0v) is 7.38. The van der Waals surface area contributed by atoms with Crippen molar-refractivity contribution < 1.29 is 4.79 Å². The summed E-state index contributed by atoms with van der Waals surface area (Å²) < 4.78 is 0. The van der Waals surface area contributed by atoms with Crippen LogP contribution in [0.15, 0.2) is 6.07 Å². The molecular weight excluding hydrogens is 154 g/mol. The van der Waals surface area contributed by atoms with Crippen LogP contribution in [0.2, 0.25) is 0 Å². The molecule has 64 valence electrons. The second-order valence-electron chi connectivity index (χ2n) is 2.62. The van der Waals surface area contributed by atoms with Crippen LogP contribution in [-0.4, -0.2) is 15.9 Å². The molecule has 4 nitrogen and oxygen atoms in total. The van der Waals surface area contributed by atoms with Crippen molar-refractivity contribution in [2.75, 3.05) is 5.32 Å². The summed E-state index contributed by atoms with van der Waals surface area (Å²) in [6.45, 7) is 5.10. The quantitative estimate of drug-likeness (QED) is 0.676. The normalized spacial score (nSPS) is 9.58. The summed E-state index contributed by atoms with van der Waals surface area (Å²) in [5.41, 5.74) is 0.853. The molecule has 0 unspecified atom stereocenters. The van der Waals surface area contributed by atoms with Gasteiger partial charge in [-0.3, -0.25) is 4.79 Å². The molecule has 0 aliphatic rings. The maximum atomic E-state index is 10.7. The van der Waals surface area contributed by atoms with Crippen molar-refractivity contribution in [2.24, 2.45) is 0 Å². The highest BCUT2D eigenvalue weighted by Crippen LogP contribution is 2.04. The highest BCUT2D eigenvalue weighted by molar-refractivity contribution is 5.87. The van der Waals surface area contributed by atoms with Gasteiger partial charge in [-0.05, 0) is 13.8 Å². The van der Waals surface area contributed by atoms with Crippen LogP contribution in [0.4, 0.5) is 5.82 Å². The summed E-state index contributed by atoms with van der Waals surface area (Å²) in [7, 11) is 0. The minimum atomic E-state index is -0.118. The fourth-order valence-corrected chi connectivity index (χ4v) is 0.961. The number of anilines is 1. The van der Waals surface area contributed by atoms with Crippen molar-refractivity contribution in [1.29, 1.82) is 0 Å². The number of amides is 1. The number of aromatic nitrogens is 2. The Labute approximate surface area is 71.0 Å². The van der Waals surface area contributed by atoms with Crippen molar-refractivity contribution in [2.45, 2.75) is 20.8 Å². The van der Waals surface area contributed by atoms with E-state index in [0.717, 1.165) is 5.69 Å². The highest BCUT2D eigenvalue weighted by Gasteiger charge is 1.99. The molecule has 0 aliphatic heterocycles. The van der Waals surface area contributed by atoms with Gasteiger partial charge in [0, 0.05) is 18.7 Å². The van der Waals surface area contributed by atoms with Crippen molar-refractivity contribution >= 4 is 11.7 Å². The van der Waals surface area contributed by atoms with Crippen LogP contribution in [0.25, 0.3) is 0 Å². The van der Waals surface area contributed by atoms with Gasteiger partial charge in [0.25, 0.3) is 0 Å². The third-order valence-electron chi connectivity index (χ3n) is 1.27. The molecule has 0 atom stereocenters. The number of rotatable bonds is 1. The second kappa shape index (κ2) is 3.30. The minimum absolute atomic E-state index is 0.118. The van der Waals surface area contributed by atoms with E-state index in [4.69, 9.17) is 0 Å². The number of carbonyl (C=O) groups is 1. The van der Waals surface area contributed by atoms with E-state index in [9.17, 15) is 4.79 Å². The summed E-state index contributed by atoms with van der Waals surface area (Å²) in [6.07, 6.45) is 0. The van der Waals surface area contributed by atoms with Gasteiger partial charge in [0.2, 0.25) is 5.91 Å². The molecular formula is C8H11N3O.